The largest absolute Gasteiger partial charge is 0.361 e. The molecule has 138 valence electrons. The third-order valence-corrected chi connectivity index (χ3v) is 6.16. The van der Waals surface area contributed by atoms with Crippen molar-refractivity contribution in [3.05, 3.63) is 36.0 Å². The van der Waals surface area contributed by atoms with Crippen LogP contribution in [0.15, 0.2) is 35.5 Å². The number of aliphatic imine (C=N–C) groups is 1. The molecule has 1 atom stereocenters. The minimum Gasteiger partial charge on any atom is -0.361 e. The molecular weight excluding hydrogens is 451 g/mol. The highest BCUT2D eigenvalue weighted by Gasteiger charge is 2.28. The van der Waals surface area contributed by atoms with Crippen molar-refractivity contribution in [1.29, 1.82) is 0 Å². The number of aryl methyl sites for hydroxylation is 1. The Hall–Kier alpha value is -1.29. The van der Waals surface area contributed by atoms with Crippen molar-refractivity contribution in [2.45, 2.75) is 25.3 Å². The normalized spacial score (nSPS) is 19.6. The molecule has 0 bridgehead atoms. The van der Waals surface area contributed by atoms with Gasteiger partial charge in [-0.1, -0.05) is 18.2 Å². The fourth-order valence-corrected chi connectivity index (χ4v) is 4.79. The molecule has 1 aliphatic heterocycles. The maximum absolute atomic E-state index is 11.5. The Balaban J connectivity index is 0.00000225. The molecule has 2 aromatic rings. The molecule has 6 nitrogen and oxygen atoms in total. The molecule has 1 saturated heterocycles. The molecule has 0 saturated carbocycles. The van der Waals surface area contributed by atoms with E-state index in [2.05, 4.69) is 45.0 Å². The molecule has 8 heteroatoms. The third-order valence-electron chi connectivity index (χ3n) is 4.39. The number of benzene rings is 1. The quantitative estimate of drug-likeness (QED) is 0.267. The zero-order valence-corrected chi connectivity index (χ0v) is 17.4. The first-order chi connectivity index (χ1) is 11.6. The van der Waals surface area contributed by atoms with Gasteiger partial charge in [0.15, 0.2) is 15.8 Å². The van der Waals surface area contributed by atoms with Gasteiger partial charge in [-0.25, -0.2) is 8.42 Å². The Morgan fingerprint density at radius 1 is 1.36 bits per heavy atom. The lowest BCUT2D eigenvalue weighted by Crippen LogP contribution is -2.44. The van der Waals surface area contributed by atoms with Gasteiger partial charge in [0.1, 0.15) is 0 Å². The third kappa shape index (κ3) is 5.34. The lowest BCUT2D eigenvalue weighted by atomic mass is 10.1. The molecule has 1 unspecified atom stereocenters. The number of H-pyrrole nitrogens is 1. The zero-order valence-electron chi connectivity index (χ0n) is 14.3. The lowest BCUT2D eigenvalue weighted by molar-refractivity contribution is 0.599. The Bertz CT molecular complexity index is 832. The highest BCUT2D eigenvalue weighted by Crippen LogP contribution is 2.18. The van der Waals surface area contributed by atoms with Crippen LogP contribution in [-0.4, -0.2) is 50.5 Å². The number of hydrogen-bond donors (Lipinski definition) is 3. The van der Waals surface area contributed by atoms with Gasteiger partial charge in [-0.3, -0.25) is 4.99 Å². The molecule has 1 aromatic carbocycles. The van der Waals surface area contributed by atoms with Crippen LogP contribution in [0.2, 0.25) is 0 Å². The maximum atomic E-state index is 11.5. The predicted molar refractivity (Wildman–Crippen MR) is 114 cm³/mol. The summed E-state index contributed by atoms with van der Waals surface area (Å²) < 4.78 is 23.0. The van der Waals surface area contributed by atoms with E-state index in [1.54, 1.807) is 7.05 Å². The van der Waals surface area contributed by atoms with Gasteiger partial charge in [-0.15, -0.1) is 24.0 Å². The Kier molecular flexibility index (Phi) is 7.12. The molecule has 3 rings (SSSR count). The molecule has 3 N–H and O–H groups in total. The Morgan fingerprint density at radius 2 is 2.16 bits per heavy atom. The number of aromatic amines is 1. The summed E-state index contributed by atoms with van der Waals surface area (Å²) in [6.45, 7) is 0.790. The molecule has 0 radical (unpaired) electrons. The van der Waals surface area contributed by atoms with E-state index in [9.17, 15) is 8.42 Å². The first-order valence-corrected chi connectivity index (χ1v) is 10.1. The van der Waals surface area contributed by atoms with E-state index >= 15 is 0 Å². The molecule has 0 aliphatic carbocycles. The summed E-state index contributed by atoms with van der Waals surface area (Å²) in [6.07, 6.45) is 4.68. The van der Waals surface area contributed by atoms with E-state index in [4.69, 9.17) is 0 Å². The van der Waals surface area contributed by atoms with Gasteiger partial charge in [0.25, 0.3) is 0 Å². The molecule has 1 aromatic heterocycles. The van der Waals surface area contributed by atoms with E-state index in [0.717, 1.165) is 19.4 Å². The van der Waals surface area contributed by atoms with Gasteiger partial charge in [0, 0.05) is 36.7 Å². The number of sulfone groups is 1. The zero-order chi connectivity index (χ0) is 17.0. The Morgan fingerprint density at radius 3 is 2.88 bits per heavy atom. The first-order valence-electron chi connectivity index (χ1n) is 8.30. The highest BCUT2D eigenvalue weighted by molar-refractivity contribution is 14.0. The van der Waals surface area contributed by atoms with Crippen LogP contribution >= 0.6 is 24.0 Å². The molecule has 0 spiro atoms. The second-order valence-corrected chi connectivity index (χ2v) is 8.44. The van der Waals surface area contributed by atoms with Crippen molar-refractivity contribution in [3.63, 3.8) is 0 Å². The summed E-state index contributed by atoms with van der Waals surface area (Å²) in [5.74, 6) is 1.14. The van der Waals surface area contributed by atoms with Crippen LogP contribution in [0, 0.1) is 0 Å². The van der Waals surface area contributed by atoms with E-state index in [-0.39, 0.29) is 41.5 Å². The van der Waals surface area contributed by atoms with Crippen LogP contribution in [-0.2, 0) is 16.3 Å². The van der Waals surface area contributed by atoms with Crippen LogP contribution in [0.3, 0.4) is 0 Å². The van der Waals surface area contributed by atoms with Gasteiger partial charge in [0.2, 0.25) is 0 Å². The number of hydrogen-bond acceptors (Lipinski definition) is 3. The lowest BCUT2D eigenvalue weighted by Gasteiger charge is -2.15. The monoisotopic (exact) mass is 476 g/mol. The van der Waals surface area contributed by atoms with Gasteiger partial charge in [-0.05, 0) is 30.9 Å². The predicted octanol–water partition coefficient (Wildman–Crippen LogP) is 2.07. The van der Waals surface area contributed by atoms with Gasteiger partial charge >= 0.3 is 0 Å². The second-order valence-electron chi connectivity index (χ2n) is 6.21. The summed E-state index contributed by atoms with van der Waals surface area (Å²) >= 11 is 0. The summed E-state index contributed by atoms with van der Waals surface area (Å²) in [5.41, 5.74) is 2.48. The number of nitrogens with zero attached hydrogens (tertiary/aromatic N) is 1. The first kappa shape index (κ1) is 20.0. The van der Waals surface area contributed by atoms with Crippen molar-refractivity contribution in [3.8, 4) is 0 Å². The molecule has 1 aliphatic rings. The van der Waals surface area contributed by atoms with Crippen LogP contribution in [0.4, 0.5) is 0 Å². The fraction of sp³-hybridized carbons (Fsp3) is 0.471. The van der Waals surface area contributed by atoms with Gasteiger partial charge in [0.05, 0.1) is 11.5 Å². The SMILES string of the molecule is CN=C(NCCCc1c[nH]c2ccccc12)NC1CCS(=O)(=O)C1.I. The average Bonchev–Trinajstić information content (AvgIpc) is 3.13. The van der Waals surface area contributed by atoms with E-state index < -0.39 is 9.84 Å². The van der Waals surface area contributed by atoms with Crippen molar-refractivity contribution in [1.82, 2.24) is 15.6 Å². The average molecular weight is 476 g/mol. The van der Waals surface area contributed by atoms with Crippen LogP contribution in [0.5, 0.6) is 0 Å². The van der Waals surface area contributed by atoms with Crippen molar-refractivity contribution in [2.24, 2.45) is 4.99 Å². The van der Waals surface area contributed by atoms with E-state index in [0.29, 0.717) is 12.4 Å². The summed E-state index contributed by atoms with van der Waals surface area (Å²) in [7, 11) is -1.17. The van der Waals surface area contributed by atoms with Crippen LogP contribution < -0.4 is 10.6 Å². The maximum Gasteiger partial charge on any atom is 0.191 e. The number of aromatic nitrogens is 1. The standard InChI is InChI=1S/C17H24N4O2S.HI/c1-18-17(21-14-8-10-24(22,23)12-14)19-9-4-5-13-11-20-16-7-3-2-6-15(13)16;/h2-3,6-7,11,14,20H,4-5,8-10,12H2,1H3,(H2,18,19,21);1H. The number of fused-ring (bicyclic) bond motifs is 1. The topological polar surface area (TPSA) is 86.3 Å². The minimum atomic E-state index is -2.87. The smallest absolute Gasteiger partial charge is 0.191 e. The van der Waals surface area contributed by atoms with E-state index in [1.165, 1.54) is 16.5 Å². The number of halogens is 1. The minimum absolute atomic E-state index is 0. The fourth-order valence-electron chi connectivity index (χ4n) is 3.12. The summed E-state index contributed by atoms with van der Waals surface area (Å²) in [4.78, 5) is 7.47. The molecule has 0 amide bonds. The van der Waals surface area contributed by atoms with Crippen LogP contribution in [0.25, 0.3) is 10.9 Å². The second kappa shape index (κ2) is 8.88. The Labute approximate surface area is 165 Å². The number of para-hydroxylation sites is 1. The molecular formula is C17H25IN4O2S. The number of rotatable bonds is 5. The molecule has 25 heavy (non-hydrogen) atoms. The number of guanidine groups is 1. The van der Waals surface area contributed by atoms with E-state index in [1.807, 2.05) is 6.07 Å². The van der Waals surface area contributed by atoms with Gasteiger partial charge in [-0.2, -0.15) is 0 Å². The highest BCUT2D eigenvalue weighted by atomic mass is 127. The summed E-state index contributed by atoms with van der Waals surface area (Å²) in [5, 5.41) is 7.74. The van der Waals surface area contributed by atoms with Gasteiger partial charge < -0.3 is 15.6 Å². The summed E-state index contributed by atoms with van der Waals surface area (Å²) in [6, 6.07) is 8.27. The van der Waals surface area contributed by atoms with Crippen molar-refractivity contribution >= 4 is 50.7 Å². The van der Waals surface area contributed by atoms with Crippen LogP contribution in [0.1, 0.15) is 18.4 Å². The van der Waals surface area contributed by atoms with Crippen molar-refractivity contribution < 1.29 is 8.42 Å². The van der Waals surface area contributed by atoms with Crippen molar-refractivity contribution in [2.75, 3.05) is 25.1 Å². The molecule has 2 heterocycles. The molecule has 1 fully saturated rings. The number of nitrogens with one attached hydrogen (secondary N) is 3.